The number of amides is 3. The summed E-state index contributed by atoms with van der Waals surface area (Å²) >= 11 is 29.4. The first-order valence-corrected chi connectivity index (χ1v) is 7.90. The van der Waals surface area contributed by atoms with Crippen molar-refractivity contribution in [3.05, 3.63) is 61.0 Å². The van der Waals surface area contributed by atoms with Gasteiger partial charge in [-0.1, -0.05) is 70.1 Å². The Hall–Kier alpha value is -1.17. The van der Waals surface area contributed by atoms with E-state index in [-0.39, 0.29) is 36.4 Å². The Morgan fingerprint density at radius 1 is 0.826 bits per heavy atom. The molecule has 2 aromatic carbocycles. The van der Waals surface area contributed by atoms with Crippen molar-refractivity contribution in [1.82, 2.24) is 5.32 Å². The van der Waals surface area contributed by atoms with Gasteiger partial charge in [-0.3, -0.25) is 10.1 Å². The number of nitrogens with one attached hydrogen (secondary N) is 2. The maximum absolute atomic E-state index is 12.0. The van der Waals surface area contributed by atoms with E-state index in [1.54, 1.807) is 12.1 Å². The molecule has 0 saturated carbocycles. The van der Waals surface area contributed by atoms with Crippen LogP contribution in [0.2, 0.25) is 25.1 Å². The van der Waals surface area contributed by atoms with Crippen LogP contribution < -0.4 is 10.6 Å². The van der Waals surface area contributed by atoms with Gasteiger partial charge < -0.3 is 5.32 Å². The zero-order valence-electron chi connectivity index (χ0n) is 11.1. The van der Waals surface area contributed by atoms with Gasteiger partial charge in [0.25, 0.3) is 5.91 Å². The lowest BCUT2D eigenvalue weighted by Crippen LogP contribution is -2.34. The van der Waals surface area contributed by atoms with E-state index >= 15 is 0 Å². The predicted molar refractivity (Wildman–Crippen MR) is 94.4 cm³/mol. The third-order valence-electron chi connectivity index (χ3n) is 2.70. The fraction of sp³-hybridized carbons (Fsp3) is 0. The summed E-state index contributed by atoms with van der Waals surface area (Å²) in [7, 11) is 0. The summed E-state index contributed by atoms with van der Waals surface area (Å²) in [5.74, 6) is -0.671. The summed E-state index contributed by atoms with van der Waals surface area (Å²) in [6.45, 7) is 0. The van der Waals surface area contributed by atoms with Crippen molar-refractivity contribution in [2.45, 2.75) is 0 Å². The molecule has 0 radical (unpaired) electrons. The van der Waals surface area contributed by atoms with Gasteiger partial charge in [0, 0.05) is 0 Å². The van der Waals surface area contributed by atoms with E-state index in [1.165, 1.54) is 18.2 Å². The van der Waals surface area contributed by atoms with Crippen molar-refractivity contribution in [3.63, 3.8) is 0 Å². The van der Waals surface area contributed by atoms with Crippen molar-refractivity contribution in [1.29, 1.82) is 0 Å². The highest BCUT2D eigenvalue weighted by Gasteiger charge is 2.17. The molecule has 0 atom stereocenters. The number of carbonyl (C=O) groups excluding carboxylic acids is 2. The number of rotatable bonds is 2. The molecule has 9 heteroatoms. The Morgan fingerprint density at radius 2 is 1.48 bits per heavy atom. The van der Waals surface area contributed by atoms with Crippen LogP contribution in [0.5, 0.6) is 0 Å². The maximum Gasteiger partial charge on any atom is 0.326 e. The highest BCUT2D eigenvalue weighted by atomic mass is 35.5. The molecule has 2 aromatic rings. The average molecular weight is 412 g/mol. The molecule has 0 spiro atoms. The van der Waals surface area contributed by atoms with Gasteiger partial charge in [-0.15, -0.1) is 0 Å². The summed E-state index contributed by atoms with van der Waals surface area (Å²) in [6.07, 6.45) is 0. The largest absolute Gasteiger partial charge is 0.326 e. The van der Waals surface area contributed by atoms with Crippen LogP contribution in [0.1, 0.15) is 10.4 Å². The molecule has 0 aliphatic carbocycles. The zero-order valence-corrected chi connectivity index (χ0v) is 14.9. The lowest BCUT2D eigenvalue weighted by Gasteiger charge is -2.11. The minimum Gasteiger partial charge on any atom is -0.306 e. The molecular formula is C14H7Cl5N2O2. The number of halogens is 5. The van der Waals surface area contributed by atoms with Crippen LogP contribution in [0.3, 0.4) is 0 Å². The summed E-state index contributed by atoms with van der Waals surface area (Å²) in [5, 5.41) is 4.86. The van der Waals surface area contributed by atoms with Crippen molar-refractivity contribution in [3.8, 4) is 0 Å². The molecule has 0 heterocycles. The van der Waals surface area contributed by atoms with Crippen LogP contribution in [-0.2, 0) is 0 Å². The smallest absolute Gasteiger partial charge is 0.306 e. The third-order valence-corrected chi connectivity index (χ3v) is 4.78. The predicted octanol–water partition coefficient (Wildman–Crippen LogP) is 5.92. The Balaban J connectivity index is 2.15. The molecule has 0 bridgehead atoms. The van der Waals surface area contributed by atoms with Gasteiger partial charge in [0.2, 0.25) is 0 Å². The maximum atomic E-state index is 12.0. The molecule has 0 saturated heterocycles. The molecule has 0 aromatic heterocycles. The molecule has 0 aliphatic heterocycles. The monoisotopic (exact) mass is 410 g/mol. The number of imide groups is 1. The molecule has 3 amide bonds. The van der Waals surface area contributed by atoms with Gasteiger partial charge >= 0.3 is 6.03 Å². The number of carbonyl (C=O) groups is 2. The van der Waals surface area contributed by atoms with Crippen LogP contribution in [0.25, 0.3) is 0 Å². The third kappa shape index (κ3) is 4.22. The molecule has 0 aliphatic rings. The molecule has 2 rings (SSSR count). The molecule has 0 unspecified atom stereocenters. The van der Waals surface area contributed by atoms with E-state index < -0.39 is 11.9 Å². The summed E-state index contributed by atoms with van der Waals surface area (Å²) in [6, 6.07) is 6.78. The lowest BCUT2D eigenvalue weighted by atomic mass is 10.2. The topological polar surface area (TPSA) is 58.2 Å². The fourth-order valence-electron chi connectivity index (χ4n) is 1.63. The SMILES string of the molecule is O=C(NC(=O)c1ccccc1Cl)Nc1cc(Cl)c(Cl)c(Cl)c1Cl. The lowest BCUT2D eigenvalue weighted by molar-refractivity contribution is 0.0967. The molecule has 0 fully saturated rings. The normalized spacial score (nSPS) is 10.3. The second-order valence-corrected chi connectivity index (χ2v) is 6.18. The highest BCUT2D eigenvalue weighted by molar-refractivity contribution is 6.52. The summed E-state index contributed by atoms with van der Waals surface area (Å²) in [5.41, 5.74) is 0.262. The number of hydrogen-bond donors (Lipinski definition) is 2. The van der Waals surface area contributed by atoms with E-state index in [9.17, 15) is 9.59 Å². The average Bonchev–Trinajstić information content (AvgIpc) is 2.50. The number of hydrogen-bond acceptors (Lipinski definition) is 2. The van der Waals surface area contributed by atoms with Gasteiger partial charge in [-0.05, 0) is 18.2 Å². The van der Waals surface area contributed by atoms with E-state index in [4.69, 9.17) is 58.0 Å². The molecular weight excluding hydrogens is 405 g/mol. The van der Waals surface area contributed by atoms with Crippen LogP contribution in [0, 0.1) is 0 Å². The fourth-order valence-corrected chi connectivity index (χ4v) is 2.70. The van der Waals surface area contributed by atoms with Crippen LogP contribution in [0.15, 0.2) is 30.3 Å². The van der Waals surface area contributed by atoms with Gasteiger partial charge in [0.05, 0.1) is 36.4 Å². The van der Waals surface area contributed by atoms with E-state index in [2.05, 4.69) is 10.6 Å². The Bertz CT molecular complexity index is 795. The van der Waals surface area contributed by atoms with Gasteiger partial charge in [0.1, 0.15) is 0 Å². The Labute approximate surface area is 156 Å². The Kier molecular flexibility index (Phi) is 6.00. The standard InChI is InChI=1S/C14H7Cl5N2O2/c15-7-4-2-1-3-6(7)13(22)21-14(23)20-9-5-8(16)10(17)12(19)11(9)18/h1-5H,(H2,20,21,22,23). The summed E-state index contributed by atoms with van der Waals surface area (Å²) in [4.78, 5) is 23.9. The van der Waals surface area contributed by atoms with Crippen molar-refractivity contribution >= 4 is 75.6 Å². The van der Waals surface area contributed by atoms with E-state index in [0.29, 0.717) is 0 Å². The van der Waals surface area contributed by atoms with Crippen LogP contribution in [-0.4, -0.2) is 11.9 Å². The quantitative estimate of drug-likeness (QED) is 0.475. The molecule has 2 N–H and O–H groups in total. The Morgan fingerprint density at radius 3 is 2.13 bits per heavy atom. The van der Waals surface area contributed by atoms with Crippen molar-refractivity contribution < 1.29 is 9.59 Å². The number of anilines is 1. The van der Waals surface area contributed by atoms with Crippen molar-refractivity contribution in [2.75, 3.05) is 5.32 Å². The van der Waals surface area contributed by atoms with Crippen molar-refractivity contribution in [2.24, 2.45) is 0 Å². The summed E-state index contributed by atoms with van der Waals surface area (Å²) < 4.78 is 0. The first-order chi connectivity index (χ1) is 10.8. The first-order valence-electron chi connectivity index (χ1n) is 6.01. The molecule has 120 valence electrons. The number of urea groups is 1. The minimum absolute atomic E-state index is 0.00130. The second-order valence-electron chi connectivity index (χ2n) is 4.24. The van der Waals surface area contributed by atoms with Crippen LogP contribution >= 0.6 is 58.0 Å². The highest BCUT2D eigenvalue weighted by Crippen LogP contribution is 2.40. The molecule has 23 heavy (non-hydrogen) atoms. The second kappa shape index (κ2) is 7.60. The van der Waals surface area contributed by atoms with Gasteiger partial charge in [-0.25, -0.2) is 4.79 Å². The van der Waals surface area contributed by atoms with Gasteiger partial charge in [-0.2, -0.15) is 0 Å². The van der Waals surface area contributed by atoms with E-state index in [0.717, 1.165) is 0 Å². The van der Waals surface area contributed by atoms with Gasteiger partial charge in [0.15, 0.2) is 0 Å². The van der Waals surface area contributed by atoms with Crippen LogP contribution in [0.4, 0.5) is 10.5 Å². The van der Waals surface area contributed by atoms with E-state index in [1.807, 2.05) is 0 Å². The minimum atomic E-state index is -0.828. The number of benzene rings is 2. The zero-order chi connectivity index (χ0) is 17.1. The first kappa shape index (κ1) is 18.2. The molecule has 4 nitrogen and oxygen atoms in total.